The normalized spacial score (nSPS) is 19.0. The van der Waals surface area contributed by atoms with Crippen LogP contribution in [0.15, 0.2) is 42.5 Å². The van der Waals surface area contributed by atoms with E-state index in [1.165, 1.54) is 28.7 Å². The maximum atomic E-state index is 5.89. The van der Waals surface area contributed by atoms with Crippen LogP contribution in [0.5, 0.6) is 5.75 Å². The highest BCUT2D eigenvalue weighted by Gasteiger charge is 2.33. The van der Waals surface area contributed by atoms with Gasteiger partial charge < -0.3 is 14.4 Å². The summed E-state index contributed by atoms with van der Waals surface area (Å²) >= 11 is 0. The number of fused-ring (bicyclic) bond motifs is 1. The predicted octanol–water partition coefficient (Wildman–Crippen LogP) is 4.78. The zero-order chi connectivity index (χ0) is 17.8. The quantitative estimate of drug-likeness (QED) is 0.725. The molecule has 2 aromatic carbocycles. The number of aryl methyl sites for hydroxylation is 1. The third-order valence-electron chi connectivity index (χ3n) is 5.31. The summed E-state index contributed by atoms with van der Waals surface area (Å²) in [6, 6.07) is 15.6. The zero-order valence-corrected chi connectivity index (χ0v) is 17.0. The summed E-state index contributed by atoms with van der Waals surface area (Å²) in [6.45, 7) is 3.61. The summed E-state index contributed by atoms with van der Waals surface area (Å²) in [4.78, 5) is 2.36. The molecule has 0 spiro atoms. The summed E-state index contributed by atoms with van der Waals surface area (Å²) in [5.41, 5.74) is 5.51. The second kappa shape index (κ2) is 9.40. The van der Waals surface area contributed by atoms with Crippen LogP contribution in [0.3, 0.4) is 0 Å². The third-order valence-corrected chi connectivity index (χ3v) is 5.31. The fourth-order valence-electron chi connectivity index (χ4n) is 4.05. The molecule has 0 radical (unpaired) electrons. The van der Waals surface area contributed by atoms with Crippen molar-refractivity contribution in [2.75, 3.05) is 34.4 Å². The van der Waals surface area contributed by atoms with Crippen LogP contribution >= 0.6 is 12.4 Å². The minimum Gasteiger partial charge on any atom is -0.497 e. The van der Waals surface area contributed by atoms with E-state index in [-0.39, 0.29) is 12.4 Å². The van der Waals surface area contributed by atoms with Crippen LogP contribution in [0.1, 0.15) is 30.4 Å². The van der Waals surface area contributed by atoms with Crippen molar-refractivity contribution in [3.63, 3.8) is 0 Å². The second-order valence-electron chi connectivity index (χ2n) is 6.94. The molecular formula is C22H30ClNO2. The number of benzene rings is 2. The van der Waals surface area contributed by atoms with Gasteiger partial charge in [-0.05, 0) is 68.2 Å². The van der Waals surface area contributed by atoms with E-state index in [9.17, 15) is 0 Å². The highest BCUT2D eigenvalue weighted by atomic mass is 35.5. The molecule has 0 amide bonds. The van der Waals surface area contributed by atoms with Crippen molar-refractivity contribution < 1.29 is 9.47 Å². The maximum Gasteiger partial charge on any atom is 0.118 e. The average molecular weight is 376 g/mol. The van der Waals surface area contributed by atoms with Crippen LogP contribution in [0.4, 0.5) is 0 Å². The van der Waals surface area contributed by atoms with Crippen molar-refractivity contribution in [2.24, 2.45) is 0 Å². The van der Waals surface area contributed by atoms with Gasteiger partial charge in [-0.3, -0.25) is 0 Å². The Morgan fingerprint density at radius 3 is 2.42 bits per heavy atom. The van der Waals surface area contributed by atoms with E-state index in [2.05, 4.69) is 56.3 Å². The Bertz CT molecular complexity index is 700. The molecule has 1 unspecified atom stereocenters. The highest BCUT2D eigenvalue weighted by molar-refractivity contribution is 5.85. The Morgan fingerprint density at radius 1 is 1.08 bits per heavy atom. The summed E-state index contributed by atoms with van der Waals surface area (Å²) in [6.07, 6.45) is 2.31. The van der Waals surface area contributed by atoms with Gasteiger partial charge in [-0.1, -0.05) is 30.3 Å². The van der Waals surface area contributed by atoms with Gasteiger partial charge in [-0.25, -0.2) is 0 Å². The molecule has 1 aliphatic carbocycles. The predicted molar refractivity (Wildman–Crippen MR) is 111 cm³/mol. The minimum atomic E-state index is 0. The van der Waals surface area contributed by atoms with E-state index in [4.69, 9.17) is 9.47 Å². The zero-order valence-electron chi connectivity index (χ0n) is 16.2. The summed E-state index contributed by atoms with van der Waals surface area (Å²) in [5, 5.41) is 0. The molecule has 0 aliphatic heterocycles. The molecule has 0 bridgehead atoms. The van der Waals surface area contributed by atoms with Gasteiger partial charge in [0.05, 0.1) is 13.7 Å². The first kappa shape index (κ1) is 20.8. The lowest BCUT2D eigenvalue weighted by Gasteiger charge is -2.38. The smallest absolute Gasteiger partial charge is 0.118 e. The monoisotopic (exact) mass is 375 g/mol. The molecule has 0 saturated heterocycles. The van der Waals surface area contributed by atoms with Gasteiger partial charge in [0.2, 0.25) is 0 Å². The summed E-state index contributed by atoms with van der Waals surface area (Å²) in [5.74, 6) is 1.29. The summed E-state index contributed by atoms with van der Waals surface area (Å²) in [7, 11) is 6.08. The Balaban J connectivity index is 0.00000243. The molecule has 0 N–H and O–H groups in total. The van der Waals surface area contributed by atoms with Crippen LogP contribution < -0.4 is 4.74 Å². The van der Waals surface area contributed by atoms with Gasteiger partial charge in [-0.15, -0.1) is 12.4 Å². The molecule has 142 valence electrons. The molecule has 0 aromatic heterocycles. The largest absolute Gasteiger partial charge is 0.497 e. The van der Waals surface area contributed by atoms with Crippen LogP contribution in [0.2, 0.25) is 0 Å². The van der Waals surface area contributed by atoms with E-state index in [1.807, 2.05) is 12.1 Å². The number of halogens is 1. The number of hydrogen-bond donors (Lipinski definition) is 0. The molecule has 2 atom stereocenters. The molecule has 3 nitrogen and oxygen atoms in total. The lowest BCUT2D eigenvalue weighted by atomic mass is 9.75. The molecule has 1 aliphatic rings. The number of nitrogens with zero attached hydrogens (tertiary/aromatic N) is 1. The van der Waals surface area contributed by atoms with Crippen molar-refractivity contribution in [3.05, 3.63) is 53.6 Å². The first-order valence-electron chi connectivity index (χ1n) is 9.16. The lowest BCUT2D eigenvalue weighted by Crippen LogP contribution is -2.39. The molecular weight excluding hydrogens is 346 g/mol. The van der Waals surface area contributed by atoms with Gasteiger partial charge in [0.25, 0.3) is 0 Å². The molecule has 0 heterocycles. The molecule has 3 rings (SSSR count). The molecule has 0 saturated carbocycles. The van der Waals surface area contributed by atoms with Crippen molar-refractivity contribution in [2.45, 2.75) is 31.7 Å². The number of ether oxygens (including phenoxy) is 2. The highest BCUT2D eigenvalue weighted by Crippen LogP contribution is 2.40. The van der Waals surface area contributed by atoms with E-state index < -0.39 is 0 Å². The maximum absolute atomic E-state index is 5.89. The first-order chi connectivity index (χ1) is 12.2. The lowest BCUT2D eigenvalue weighted by molar-refractivity contribution is 0.0947. The van der Waals surface area contributed by atoms with E-state index in [0.29, 0.717) is 12.0 Å². The molecule has 2 aromatic rings. The Labute approximate surface area is 163 Å². The topological polar surface area (TPSA) is 21.7 Å². The standard InChI is InChI=1S/C22H29NO2.ClH/c1-5-25-15-20-21(23(2)3)14-11-17-7-6-8-19(22(17)20)16-9-12-18(24-4)13-10-16;/h6-10,12-13,20-21H,5,11,14-15H2,1-4H3;1H/t20?,21-;/m1./s1. The Morgan fingerprint density at radius 2 is 1.81 bits per heavy atom. The van der Waals surface area contributed by atoms with Gasteiger partial charge in [-0.2, -0.15) is 0 Å². The van der Waals surface area contributed by atoms with Crippen LogP contribution in [-0.4, -0.2) is 45.4 Å². The van der Waals surface area contributed by atoms with Gasteiger partial charge >= 0.3 is 0 Å². The van der Waals surface area contributed by atoms with Crippen molar-refractivity contribution >= 4 is 12.4 Å². The number of methoxy groups -OCH3 is 1. The number of rotatable bonds is 6. The van der Waals surface area contributed by atoms with E-state index in [1.54, 1.807) is 7.11 Å². The molecule has 0 fully saturated rings. The number of likely N-dealkylation sites (N-methyl/N-ethyl adjacent to an activating group) is 1. The van der Waals surface area contributed by atoms with Gasteiger partial charge in [0.1, 0.15) is 5.75 Å². The Kier molecular flexibility index (Phi) is 7.51. The summed E-state index contributed by atoms with van der Waals surface area (Å²) < 4.78 is 11.2. The third kappa shape index (κ3) is 4.22. The molecule has 4 heteroatoms. The average Bonchev–Trinajstić information content (AvgIpc) is 2.65. The van der Waals surface area contributed by atoms with Crippen molar-refractivity contribution in [1.29, 1.82) is 0 Å². The van der Waals surface area contributed by atoms with Crippen LogP contribution in [0.25, 0.3) is 11.1 Å². The minimum absolute atomic E-state index is 0. The number of hydrogen-bond acceptors (Lipinski definition) is 3. The van der Waals surface area contributed by atoms with Crippen molar-refractivity contribution in [1.82, 2.24) is 4.90 Å². The van der Waals surface area contributed by atoms with Crippen LogP contribution in [0, 0.1) is 0 Å². The fourth-order valence-corrected chi connectivity index (χ4v) is 4.05. The van der Waals surface area contributed by atoms with Gasteiger partial charge in [0.15, 0.2) is 0 Å². The SMILES string of the molecule is CCOCC1c2c(cccc2-c2ccc(OC)cc2)CC[C@H]1N(C)C.Cl. The fraction of sp³-hybridized carbons (Fsp3) is 0.455. The van der Waals surface area contributed by atoms with Crippen molar-refractivity contribution in [3.8, 4) is 16.9 Å². The van der Waals surface area contributed by atoms with Gasteiger partial charge in [0, 0.05) is 18.6 Å². The molecule has 26 heavy (non-hydrogen) atoms. The Hall–Kier alpha value is -1.55. The van der Waals surface area contributed by atoms with Crippen LogP contribution in [-0.2, 0) is 11.2 Å². The van der Waals surface area contributed by atoms with E-state index in [0.717, 1.165) is 25.4 Å². The second-order valence-corrected chi connectivity index (χ2v) is 6.94. The van der Waals surface area contributed by atoms with E-state index >= 15 is 0 Å². The first-order valence-corrected chi connectivity index (χ1v) is 9.16.